The molecule has 0 spiro atoms. The van der Waals surface area contributed by atoms with Gasteiger partial charge in [-0.05, 0) is 30.0 Å². The maximum absolute atomic E-state index is 12.9. The first-order valence-electron chi connectivity index (χ1n) is 11.1. The molecule has 0 bridgehead atoms. The van der Waals surface area contributed by atoms with Crippen LogP contribution in [-0.4, -0.2) is 52.1 Å². The number of aromatic nitrogens is 3. The molecule has 1 amide bonds. The number of hydrogen-bond donors (Lipinski definition) is 1. The van der Waals surface area contributed by atoms with E-state index >= 15 is 0 Å². The fourth-order valence-corrected chi connectivity index (χ4v) is 5.80. The van der Waals surface area contributed by atoms with Gasteiger partial charge in [0.2, 0.25) is 15.9 Å². The van der Waals surface area contributed by atoms with Crippen molar-refractivity contribution < 1.29 is 13.2 Å². The van der Waals surface area contributed by atoms with E-state index in [1.807, 2.05) is 30.3 Å². The quantitative estimate of drug-likeness (QED) is 0.412. The average Bonchev–Trinajstić information content (AvgIpc) is 3.20. The Kier molecular flexibility index (Phi) is 8.50. The second-order valence-electron chi connectivity index (χ2n) is 8.11. The number of hydrogen-bond acceptors (Lipinski definition) is 6. The van der Waals surface area contributed by atoms with E-state index in [2.05, 4.69) is 29.4 Å². The van der Waals surface area contributed by atoms with Crippen molar-refractivity contribution in [2.24, 2.45) is 5.92 Å². The monoisotopic (exact) mass is 489 g/mol. The zero-order chi connectivity index (χ0) is 24.0. The SMILES string of the molecule is CCN(CC)S(=O)(=O)c1ccc2nnc(SCC(=O)NC(CC(C)C)c3ccccc3)n2c1. The van der Waals surface area contributed by atoms with Crippen LogP contribution in [0, 0.1) is 5.92 Å². The van der Waals surface area contributed by atoms with Crippen molar-refractivity contribution in [3.63, 3.8) is 0 Å². The first-order valence-corrected chi connectivity index (χ1v) is 13.5. The van der Waals surface area contributed by atoms with E-state index in [-0.39, 0.29) is 22.6 Å². The highest BCUT2D eigenvalue weighted by molar-refractivity contribution is 7.99. The van der Waals surface area contributed by atoms with Crippen LogP contribution < -0.4 is 5.32 Å². The highest BCUT2D eigenvalue weighted by Gasteiger charge is 2.23. The number of pyridine rings is 1. The Bertz CT molecular complexity index is 1180. The zero-order valence-electron chi connectivity index (χ0n) is 19.4. The highest BCUT2D eigenvalue weighted by atomic mass is 32.2. The minimum atomic E-state index is -3.61. The lowest BCUT2D eigenvalue weighted by molar-refractivity contribution is -0.119. The fourth-order valence-electron chi connectivity index (χ4n) is 3.62. The third-order valence-electron chi connectivity index (χ3n) is 5.26. The number of sulfonamides is 1. The van der Waals surface area contributed by atoms with E-state index in [1.54, 1.807) is 24.3 Å². The van der Waals surface area contributed by atoms with Crippen LogP contribution in [0.4, 0.5) is 0 Å². The first-order chi connectivity index (χ1) is 15.8. The number of nitrogens with one attached hydrogen (secondary N) is 1. The summed E-state index contributed by atoms with van der Waals surface area (Å²) in [6.45, 7) is 8.64. The smallest absolute Gasteiger partial charge is 0.244 e. The molecule has 33 heavy (non-hydrogen) atoms. The highest BCUT2D eigenvalue weighted by Crippen LogP contribution is 2.23. The van der Waals surface area contributed by atoms with Crippen LogP contribution in [0.3, 0.4) is 0 Å². The molecule has 1 atom stereocenters. The maximum Gasteiger partial charge on any atom is 0.244 e. The zero-order valence-corrected chi connectivity index (χ0v) is 21.1. The van der Waals surface area contributed by atoms with Gasteiger partial charge in [0, 0.05) is 19.3 Å². The summed E-state index contributed by atoms with van der Waals surface area (Å²) in [4.78, 5) is 12.9. The number of rotatable bonds is 11. The molecule has 0 fully saturated rings. The van der Waals surface area contributed by atoms with Crippen LogP contribution in [0.5, 0.6) is 0 Å². The van der Waals surface area contributed by atoms with Crippen molar-refractivity contribution >= 4 is 33.3 Å². The summed E-state index contributed by atoms with van der Waals surface area (Å²) in [6, 6.07) is 13.0. The van der Waals surface area contributed by atoms with E-state index in [9.17, 15) is 13.2 Å². The van der Waals surface area contributed by atoms with Gasteiger partial charge in [-0.1, -0.05) is 69.8 Å². The Morgan fingerprint density at radius 2 is 1.79 bits per heavy atom. The molecule has 3 aromatic rings. The molecule has 1 unspecified atom stereocenters. The Morgan fingerprint density at radius 3 is 2.42 bits per heavy atom. The van der Waals surface area contributed by atoms with Gasteiger partial charge in [0.05, 0.1) is 16.7 Å². The molecule has 10 heteroatoms. The largest absolute Gasteiger partial charge is 0.349 e. The molecule has 3 rings (SSSR count). The van der Waals surface area contributed by atoms with Crippen molar-refractivity contribution in [1.29, 1.82) is 0 Å². The Morgan fingerprint density at radius 1 is 1.09 bits per heavy atom. The molecule has 0 aliphatic carbocycles. The molecule has 2 heterocycles. The van der Waals surface area contributed by atoms with Crippen LogP contribution in [0.2, 0.25) is 0 Å². The van der Waals surface area contributed by atoms with E-state index in [0.29, 0.717) is 29.8 Å². The third kappa shape index (κ3) is 6.13. The van der Waals surface area contributed by atoms with Crippen molar-refractivity contribution in [2.45, 2.75) is 50.2 Å². The lowest BCUT2D eigenvalue weighted by Gasteiger charge is -2.21. The predicted molar refractivity (Wildman–Crippen MR) is 131 cm³/mol. The summed E-state index contributed by atoms with van der Waals surface area (Å²) < 4.78 is 28.8. The summed E-state index contributed by atoms with van der Waals surface area (Å²) in [6.07, 6.45) is 2.36. The fraction of sp³-hybridized carbons (Fsp3) is 0.435. The summed E-state index contributed by atoms with van der Waals surface area (Å²) in [5.41, 5.74) is 1.60. The molecule has 1 N–H and O–H groups in total. The standard InChI is InChI=1S/C23H31N5O3S2/c1-5-27(6-2)33(30,31)19-12-13-21-25-26-23(28(21)15-19)32-16-22(29)24-20(14-17(3)4)18-10-8-7-9-11-18/h7-13,15,17,20H,5-6,14,16H2,1-4H3,(H,24,29). The minimum absolute atomic E-state index is 0.0692. The van der Waals surface area contributed by atoms with Crippen molar-refractivity contribution in [3.8, 4) is 0 Å². The van der Waals surface area contributed by atoms with E-state index in [4.69, 9.17) is 0 Å². The second-order valence-corrected chi connectivity index (χ2v) is 11.0. The third-order valence-corrected chi connectivity index (χ3v) is 8.24. The van der Waals surface area contributed by atoms with Crippen molar-refractivity contribution in [2.75, 3.05) is 18.8 Å². The Balaban J connectivity index is 1.75. The van der Waals surface area contributed by atoms with Gasteiger partial charge in [0.1, 0.15) is 0 Å². The van der Waals surface area contributed by atoms with E-state index in [0.717, 1.165) is 12.0 Å². The number of carbonyl (C=O) groups excluding carboxylic acids is 1. The Labute approximate surface area is 199 Å². The minimum Gasteiger partial charge on any atom is -0.349 e. The molecule has 0 saturated carbocycles. The van der Waals surface area contributed by atoms with Crippen LogP contribution in [0.25, 0.3) is 5.65 Å². The van der Waals surface area contributed by atoms with Gasteiger partial charge in [-0.15, -0.1) is 10.2 Å². The molecule has 0 aliphatic heterocycles. The maximum atomic E-state index is 12.9. The average molecular weight is 490 g/mol. The number of amides is 1. The molecule has 0 saturated heterocycles. The number of thioether (sulfide) groups is 1. The van der Waals surface area contributed by atoms with Crippen molar-refractivity contribution in [1.82, 2.24) is 24.2 Å². The van der Waals surface area contributed by atoms with Gasteiger partial charge >= 0.3 is 0 Å². The van der Waals surface area contributed by atoms with Crippen molar-refractivity contribution in [3.05, 3.63) is 54.2 Å². The van der Waals surface area contributed by atoms with E-state index < -0.39 is 10.0 Å². The number of nitrogens with zero attached hydrogens (tertiary/aromatic N) is 4. The van der Waals surface area contributed by atoms with Gasteiger partial charge in [-0.25, -0.2) is 8.42 Å². The number of fused-ring (bicyclic) bond motifs is 1. The van der Waals surface area contributed by atoms with Gasteiger partial charge in [-0.2, -0.15) is 4.31 Å². The van der Waals surface area contributed by atoms with Gasteiger partial charge < -0.3 is 5.32 Å². The van der Waals surface area contributed by atoms with Gasteiger partial charge in [0.25, 0.3) is 0 Å². The topological polar surface area (TPSA) is 96.7 Å². The lowest BCUT2D eigenvalue weighted by atomic mass is 9.97. The molecule has 178 valence electrons. The predicted octanol–water partition coefficient (Wildman–Crippen LogP) is 3.76. The number of carbonyl (C=O) groups is 1. The second kappa shape index (κ2) is 11.1. The van der Waals surface area contributed by atoms with Crippen LogP contribution >= 0.6 is 11.8 Å². The molecule has 2 aromatic heterocycles. The molecule has 1 aromatic carbocycles. The van der Waals surface area contributed by atoms with E-state index in [1.165, 1.54) is 28.3 Å². The summed E-state index contributed by atoms with van der Waals surface area (Å²) in [5.74, 6) is 0.461. The van der Waals surface area contributed by atoms with Crippen LogP contribution in [0.1, 0.15) is 45.7 Å². The summed E-state index contributed by atoms with van der Waals surface area (Å²) in [5, 5.41) is 11.8. The first kappa shape index (κ1) is 25.2. The Hall–Kier alpha value is -2.43. The van der Waals surface area contributed by atoms with Gasteiger partial charge in [-0.3, -0.25) is 9.20 Å². The molecule has 0 radical (unpaired) electrons. The van der Waals surface area contributed by atoms with Gasteiger partial charge in [0.15, 0.2) is 10.8 Å². The summed E-state index contributed by atoms with van der Waals surface area (Å²) in [7, 11) is -3.61. The van der Waals surface area contributed by atoms with Crippen LogP contribution in [0.15, 0.2) is 58.7 Å². The molecular weight excluding hydrogens is 458 g/mol. The molecule has 0 aliphatic rings. The molecular formula is C23H31N5O3S2. The number of benzene rings is 1. The molecule has 8 nitrogen and oxygen atoms in total. The van der Waals surface area contributed by atoms with Crippen LogP contribution in [-0.2, 0) is 14.8 Å². The normalized spacial score (nSPS) is 13.0. The lowest BCUT2D eigenvalue weighted by Crippen LogP contribution is -2.31. The summed E-state index contributed by atoms with van der Waals surface area (Å²) >= 11 is 1.23.